The number of aromatic hydroxyl groups is 1. The van der Waals surface area contributed by atoms with Crippen LogP contribution in [0.2, 0.25) is 5.02 Å². The number of carboxylic acids is 1. The second kappa shape index (κ2) is 4.57. The maximum absolute atomic E-state index is 13.6. The van der Waals surface area contributed by atoms with Gasteiger partial charge in [-0.25, -0.2) is 4.39 Å². The first-order valence-electron chi connectivity index (χ1n) is 4.37. The Bertz CT molecular complexity index is 433. The van der Waals surface area contributed by atoms with Gasteiger partial charge >= 0.3 is 5.97 Å². The van der Waals surface area contributed by atoms with E-state index in [1.54, 1.807) is 0 Å². The van der Waals surface area contributed by atoms with Crippen molar-refractivity contribution in [2.24, 2.45) is 0 Å². The minimum Gasteiger partial charge on any atom is -0.504 e. The number of methoxy groups -OCH3 is 1. The number of carboxylic acid groups (broad SMARTS) is 1. The van der Waals surface area contributed by atoms with Crippen LogP contribution in [0.3, 0.4) is 0 Å². The molecule has 0 aromatic heterocycles. The third kappa shape index (κ3) is 2.04. The van der Waals surface area contributed by atoms with E-state index < -0.39 is 23.5 Å². The number of hydrogen-bond acceptors (Lipinski definition) is 3. The number of phenols is 1. The van der Waals surface area contributed by atoms with Gasteiger partial charge in [0.2, 0.25) is 0 Å². The number of rotatable bonds is 3. The van der Waals surface area contributed by atoms with Gasteiger partial charge < -0.3 is 14.9 Å². The molecule has 4 nitrogen and oxygen atoms in total. The highest BCUT2D eigenvalue weighted by molar-refractivity contribution is 6.31. The molecule has 1 aromatic carbocycles. The summed E-state index contributed by atoms with van der Waals surface area (Å²) in [6.07, 6.45) is 0. The SMILES string of the molecule is COc1cc(Cl)c(F)c(C(C)C(=O)O)c1O. The van der Waals surface area contributed by atoms with Gasteiger partial charge in [0, 0.05) is 11.6 Å². The molecule has 1 rings (SSSR count). The van der Waals surface area contributed by atoms with Crippen LogP contribution in [0.5, 0.6) is 11.5 Å². The van der Waals surface area contributed by atoms with Gasteiger partial charge in [-0.2, -0.15) is 0 Å². The molecule has 0 spiro atoms. The van der Waals surface area contributed by atoms with E-state index in [4.69, 9.17) is 21.4 Å². The molecule has 0 aliphatic rings. The van der Waals surface area contributed by atoms with Crippen molar-refractivity contribution in [2.75, 3.05) is 7.11 Å². The molecule has 0 saturated heterocycles. The highest BCUT2D eigenvalue weighted by Gasteiger charge is 2.26. The minimum atomic E-state index is -1.27. The van der Waals surface area contributed by atoms with E-state index in [1.807, 2.05) is 0 Å². The van der Waals surface area contributed by atoms with E-state index in [2.05, 4.69) is 0 Å². The Balaban J connectivity index is 3.47. The maximum Gasteiger partial charge on any atom is 0.310 e. The van der Waals surface area contributed by atoms with Crippen molar-refractivity contribution >= 4 is 17.6 Å². The monoisotopic (exact) mass is 248 g/mol. The fraction of sp³-hybridized carbons (Fsp3) is 0.300. The number of benzene rings is 1. The van der Waals surface area contributed by atoms with Crippen LogP contribution >= 0.6 is 11.6 Å². The summed E-state index contributed by atoms with van der Waals surface area (Å²) in [6, 6.07) is 1.09. The average Bonchev–Trinajstić information content (AvgIpc) is 2.23. The quantitative estimate of drug-likeness (QED) is 0.862. The van der Waals surface area contributed by atoms with Crippen molar-refractivity contribution in [2.45, 2.75) is 12.8 Å². The molecule has 16 heavy (non-hydrogen) atoms. The second-order valence-electron chi connectivity index (χ2n) is 3.20. The lowest BCUT2D eigenvalue weighted by Crippen LogP contribution is -2.10. The van der Waals surface area contributed by atoms with Crippen LogP contribution in [-0.4, -0.2) is 23.3 Å². The van der Waals surface area contributed by atoms with Gasteiger partial charge in [0.15, 0.2) is 11.5 Å². The van der Waals surface area contributed by atoms with Gasteiger partial charge in [0.25, 0.3) is 0 Å². The molecule has 0 aliphatic heterocycles. The highest BCUT2D eigenvalue weighted by Crippen LogP contribution is 2.40. The first kappa shape index (κ1) is 12.6. The molecule has 0 radical (unpaired) electrons. The maximum atomic E-state index is 13.6. The summed E-state index contributed by atoms with van der Waals surface area (Å²) in [5.74, 6) is -4.03. The van der Waals surface area contributed by atoms with Gasteiger partial charge in [-0.05, 0) is 6.92 Å². The molecule has 1 aromatic rings. The van der Waals surface area contributed by atoms with Gasteiger partial charge in [-0.3, -0.25) is 4.79 Å². The lowest BCUT2D eigenvalue weighted by atomic mass is 9.99. The molecule has 88 valence electrons. The number of halogens is 2. The Morgan fingerprint density at radius 2 is 2.19 bits per heavy atom. The lowest BCUT2D eigenvalue weighted by molar-refractivity contribution is -0.138. The molecule has 2 N–H and O–H groups in total. The summed E-state index contributed by atoms with van der Waals surface area (Å²) < 4.78 is 18.3. The largest absolute Gasteiger partial charge is 0.504 e. The Labute approximate surface area is 96.2 Å². The first-order chi connectivity index (χ1) is 7.40. The van der Waals surface area contributed by atoms with Crippen LogP contribution in [0.4, 0.5) is 4.39 Å². The highest BCUT2D eigenvalue weighted by atomic mass is 35.5. The molecule has 0 bridgehead atoms. The first-order valence-corrected chi connectivity index (χ1v) is 4.75. The fourth-order valence-corrected chi connectivity index (χ4v) is 1.49. The van der Waals surface area contributed by atoms with Crippen LogP contribution in [0, 0.1) is 5.82 Å². The van der Waals surface area contributed by atoms with Crippen molar-refractivity contribution in [3.8, 4) is 11.5 Å². The summed E-state index contributed by atoms with van der Waals surface area (Å²) in [6.45, 7) is 1.25. The van der Waals surface area contributed by atoms with Gasteiger partial charge in [-0.1, -0.05) is 11.6 Å². The number of ether oxygens (including phenoxy) is 1. The summed E-state index contributed by atoms with van der Waals surface area (Å²) in [5.41, 5.74) is -0.378. The topological polar surface area (TPSA) is 66.8 Å². The van der Waals surface area contributed by atoms with Crippen LogP contribution in [0.25, 0.3) is 0 Å². The Kier molecular flexibility index (Phi) is 3.59. The smallest absolute Gasteiger partial charge is 0.310 e. The zero-order valence-corrected chi connectivity index (χ0v) is 9.38. The molecule has 1 atom stereocenters. The molecule has 0 saturated carbocycles. The van der Waals surface area contributed by atoms with E-state index in [-0.39, 0.29) is 16.3 Å². The normalized spacial score (nSPS) is 12.2. The summed E-state index contributed by atoms with van der Waals surface area (Å²) in [5, 5.41) is 18.1. The van der Waals surface area contributed by atoms with Crippen molar-refractivity contribution in [1.29, 1.82) is 0 Å². The molecule has 0 fully saturated rings. The Morgan fingerprint density at radius 1 is 1.62 bits per heavy atom. The predicted octanol–water partition coefficient (Wildman–Crippen LogP) is 2.38. The molecular weight excluding hydrogens is 239 g/mol. The average molecular weight is 249 g/mol. The van der Waals surface area contributed by atoms with E-state index in [1.165, 1.54) is 14.0 Å². The molecule has 0 amide bonds. The van der Waals surface area contributed by atoms with Crippen LogP contribution in [0.15, 0.2) is 6.07 Å². The number of aliphatic carboxylic acids is 1. The van der Waals surface area contributed by atoms with Crippen molar-refractivity contribution < 1.29 is 24.1 Å². The molecule has 6 heteroatoms. The van der Waals surface area contributed by atoms with Crippen LogP contribution in [0.1, 0.15) is 18.4 Å². The van der Waals surface area contributed by atoms with Crippen LogP contribution in [-0.2, 0) is 4.79 Å². The molecule has 0 heterocycles. The molecule has 0 aliphatic carbocycles. The molecular formula is C10H10ClFO4. The van der Waals surface area contributed by atoms with E-state index in [0.29, 0.717) is 0 Å². The van der Waals surface area contributed by atoms with Crippen LogP contribution < -0.4 is 4.74 Å². The predicted molar refractivity (Wildman–Crippen MR) is 55.7 cm³/mol. The zero-order chi connectivity index (χ0) is 12.5. The van der Waals surface area contributed by atoms with E-state index in [0.717, 1.165) is 6.07 Å². The fourth-order valence-electron chi connectivity index (χ4n) is 1.29. The van der Waals surface area contributed by atoms with Gasteiger partial charge in [-0.15, -0.1) is 0 Å². The standard InChI is InChI=1S/C10H10ClFO4/c1-4(10(14)15)7-8(12)5(11)3-6(16-2)9(7)13/h3-4,13H,1-2H3,(H,14,15). The van der Waals surface area contributed by atoms with E-state index in [9.17, 15) is 14.3 Å². The third-order valence-corrected chi connectivity index (χ3v) is 2.49. The molecule has 1 unspecified atom stereocenters. The van der Waals surface area contributed by atoms with Crippen molar-refractivity contribution in [3.63, 3.8) is 0 Å². The number of hydrogen-bond donors (Lipinski definition) is 2. The van der Waals surface area contributed by atoms with Gasteiger partial charge in [0.1, 0.15) is 5.82 Å². The minimum absolute atomic E-state index is 0.0606. The summed E-state index contributed by atoms with van der Waals surface area (Å²) in [4.78, 5) is 10.8. The zero-order valence-electron chi connectivity index (χ0n) is 8.62. The van der Waals surface area contributed by atoms with Gasteiger partial charge in [0.05, 0.1) is 18.1 Å². The summed E-state index contributed by atoms with van der Waals surface area (Å²) in [7, 11) is 1.26. The van der Waals surface area contributed by atoms with E-state index >= 15 is 0 Å². The second-order valence-corrected chi connectivity index (χ2v) is 3.60. The van der Waals surface area contributed by atoms with Crippen molar-refractivity contribution in [3.05, 3.63) is 22.5 Å². The third-order valence-electron chi connectivity index (χ3n) is 2.22. The summed E-state index contributed by atoms with van der Waals surface area (Å²) >= 11 is 5.56. The van der Waals surface area contributed by atoms with Crippen molar-refractivity contribution in [1.82, 2.24) is 0 Å². The Morgan fingerprint density at radius 3 is 2.62 bits per heavy atom. The number of carbonyl (C=O) groups is 1. The Hall–Kier alpha value is -1.49. The number of phenolic OH excluding ortho intramolecular Hbond substituents is 1. The lowest BCUT2D eigenvalue weighted by Gasteiger charge is -2.14.